The highest BCUT2D eigenvalue weighted by Gasteiger charge is 2.51. The Balaban J connectivity index is 2.29. The molecule has 1 aliphatic heterocycles. The number of hydrogen-bond donors (Lipinski definition) is 3. The maximum absolute atomic E-state index is 12.7. The number of carbonyl (C=O) groups excluding carboxylic acids is 1. The standard InChI is InChI=1S/C16H26N5O3P/c1-10(17)13(11(2)25)9-19-8-12(7-18-19)21-14(23)16(3,4)20(5-6-22)15(21)24/h7-8,14,17,22-23H,5-6,9,25H2,1-4H3. The van der Waals surface area contributed by atoms with Gasteiger partial charge in [-0.15, -0.1) is 9.24 Å². The van der Waals surface area contributed by atoms with Crippen LogP contribution >= 0.6 is 9.24 Å². The molecule has 0 radical (unpaired) electrons. The molecule has 9 heteroatoms. The fraction of sp³-hybridized carbons (Fsp3) is 0.562. The van der Waals surface area contributed by atoms with Crippen molar-refractivity contribution >= 4 is 26.7 Å². The van der Waals surface area contributed by atoms with Crippen LogP contribution < -0.4 is 4.90 Å². The maximum Gasteiger partial charge on any atom is 0.327 e. The molecule has 25 heavy (non-hydrogen) atoms. The number of aliphatic hydroxyl groups excluding tert-OH is 2. The number of allylic oxidation sites excluding steroid dienone is 2. The minimum atomic E-state index is -1.05. The van der Waals surface area contributed by atoms with E-state index in [0.717, 1.165) is 10.9 Å². The van der Waals surface area contributed by atoms with Gasteiger partial charge < -0.3 is 20.5 Å². The third-order valence-corrected chi connectivity index (χ3v) is 4.83. The number of rotatable bonds is 6. The first kappa shape index (κ1) is 19.6. The Hall–Kier alpha value is -1.76. The van der Waals surface area contributed by atoms with Crippen LogP contribution in [0.25, 0.3) is 0 Å². The summed E-state index contributed by atoms with van der Waals surface area (Å²) in [7, 11) is 2.59. The van der Waals surface area contributed by atoms with Crippen molar-refractivity contribution in [2.75, 3.05) is 18.1 Å². The van der Waals surface area contributed by atoms with Gasteiger partial charge in [0.2, 0.25) is 0 Å². The van der Waals surface area contributed by atoms with Gasteiger partial charge in [-0.05, 0) is 38.6 Å². The number of aromatic nitrogens is 2. The van der Waals surface area contributed by atoms with Gasteiger partial charge in [0, 0.05) is 18.5 Å². The van der Waals surface area contributed by atoms with Gasteiger partial charge in [0.05, 0.1) is 30.6 Å². The van der Waals surface area contributed by atoms with Crippen LogP contribution in [0, 0.1) is 5.41 Å². The van der Waals surface area contributed by atoms with Gasteiger partial charge in [0.1, 0.15) is 0 Å². The second-order valence-electron chi connectivity index (χ2n) is 6.74. The van der Waals surface area contributed by atoms with Crippen LogP contribution in [0.4, 0.5) is 10.5 Å². The lowest BCUT2D eigenvalue weighted by Crippen LogP contribution is -2.47. The fourth-order valence-electron chi connectivity index (χ4n) is 2.94. The topological polar surface area (TPSA) is 106 Å². The van der Waals surface area contributed by atoms with Gasteiger partial charge in [-0.1, -0.05) is 0 Å². The van der Waals surface area contributed by atoms with Gasteiger partial charge >= 0.3 is 6.03 Å². The van der Waals surface area contributed by atoms with Crippen molar-refractivity contribution in [3.8, 4) is 0 Å². The highest BCUT2D eigenvalue weighted by Crippen LogP contribution is 2.34. The van der Waals surface area contributed by atoms with Gasteiger partial charge in [-0.25, -0.2) is 4.79 Å². The number of anilines is 1. The van der Waals surface area contributed by atoms with Crippen molar-refractivity contribution in [1.29, 1.82) is 5.41 Å². The van der Waals surface area contributed by atoms with Crippen LogP contribution in [-0.4, -0.2) is 61.6 Å². The van der Waals surface area contributed by atoms with E-state index >= 15 is 0 Å². The number of β-amino-alcohol motifs (C(OH)–C–C–N with tert-alkyl or cyclic N) is 1. The summed E-state index contributed by atoms with van der Waals surface area (Å²) >= 11 is 0. The number of nitrogens with one attached hydrogen (secondary N) is 1. The van der Waals surface area contributed by atoms with E-state index in [0.29, 0.717) is 17.9 Å². The molecule has 1 aliphatic rings. The number of carbonyl (C=O) groups is 1. The largest absolute Gasteiger partial charge is 0.395 e. The maximum atomic E-state index is 12.7. The summed E-state index contributed by atoms with van der Waals surface area (Å²) in [4.78, 5) is 15.4. The third-order valence-electron chi connectivity index (χ3n) is 4.48. The van der Waals surface area contributed by atoms with Crippen LogP contribution in [0.1, 0.15) is 27.7 Å². The summed E-state index contributed by atoms with van der Waals surface area (Å²) in [6.45, 7) is 7.53. The number of hydrogen-bond acceptors (Lipinski definition) is 5. The van der Waals surface area contributed by atoms with E-state index in [4.69, 9.17) is 5.41 Å². The molecule has 1 aromatic rings. The zero-order valence-corrected chi connectivity index (χ0v) is 16.2. The van der Waals surface area contributed by atoms with E-state index in [2.05, 4.69) is 14.3 Å². The smallest absolute Gasteiger partial charge is 0.327 e. The molecule has 2 unspecified atom stereocenters. The van der Waals surface area contributed by atoms with E-state index in [-0.39, 0.29) is 19.2 Å². The molecule has 1 fully saturated rings. The van der Waals surface area contributed by atoms with Crippen LogP contribution in [0.5, 0.6) is 0 Å². The molecule has 2 heterocycles. The number of nitrogens with zero attached hydrogens (tertiary/aromatic N) is 4. The Morgan fingerprint density at radius 1 is 1.44 bits per heavy atom. The minimum absolute atomic E-state index is 0.152. The molecule has 138 valence electrons. The van der Waals surface area contributed by atoms with E-state index in [9.17, 15) is 15.0 Å². The quantitative estimate of drug-likeness (QED) is 0.522. The Labute approximate surface area is 149 Å². The van der Waals surface area contributed by atoms with Gasteiger partial charge in [-0.2, -0.15) is 5.10 Å². The number of urea groups is 1. The van der Waals surface area contributed by atoms with E-state index in [1.165, 1.54) is 16.0 Å². The summed E-state index contributed by atoms with van der Waals surface area (Å²) in [5.74, 6) is 0. The monoisotopic (exact) mass is 367 g/mol. The summed E-state index contributed by atoms with van der Waals surface area (Å²) in [5.41, 5.74) is 0.955. The van der Waals surface area contributed by atoms with Gasteiger partial charge in [0.25, 0.3) is 0 Å². The second kappa shape index (κ2) is 7.23. The van der Waals surface area contributed by atoms with Crippen molar-refractivity contribution in [3.63, 3.8) is 0 Å². The Morgan fingerprint density at radius 3 is 2.60 bits per heavy atom. The predicted octanol–water partition coefficient (Wildman–Crippen LogP) is 1.40. The lowest BCUT2D eigenvalue weighted by atomic mass is 10.0. The van der Waals surface area contributed by atoms with E-state index < -0.39 is 11.8 Å². The molecule has 0 aromatic carbocycles. The molecule has 2 amide bonds. The normalized spacial score (nSPS) is 20.9. The summed E-state index contributed by atoms with van der Waals surface area (Å²) in [6.07, 6.45) is 2.15. The van der Waals surface area contributed by atoms with Crippen LogP contribution in [0.3, 0.4) is 0 Å². The molecule has 1 aromatic heterocycles. The van der Waals surface area contributed by atoms with Crippen molar-refractivity contribution in [2.45, 2.75) is 46.0 Å². The number of amides is 2. The van der Waals surface area contributed by atoms with Crippen LogP contribution in [-0.2, 0) is 6.54 Å². The molecule has 0 aliphatic carbocycles. The summed E-state index contributed by atoms with van der Waals surface area (Å²) < 4.78 is 1.64. The molecular formula is C16H26N5O3P. The lowest BCUT2D eigenvalue weighted by molar-refractivity contribution is 0.0531. The first-order valence-electron chi connectivity index (χ1n) is 8.04. The van der Waals surface area contributed by atoms with E-state index in [1.807, 2.05) is 6.92 Å². The molecule has 3 N–H and O–H groups in total. The lowest BCUT2D eigenvalue weighted by Gasteiger charge is -2.31. The van der Waals surface area contributed by atoms with Crippen molar-refractivity contribution in [3.05, 3.63) is 23.3 Å². The Kier molecular flexibility index (Phi) is 5.66. The molecule has 8 nitrogen and oxygen atoms in total. The fourth-order valence-corrected chi connectivity index (χ4v) is 3.24. The molecule has 0 bridgehead atoms. The zero-order chi connectivity index (χ0) is 18.9. The van der Waals surface area contributed by atoms with Crippen molar-refractivity contribution in [2.24, 2.45) is 0 Å². The molecular weight excluding hydrogens is 341 g/mol. The molecule has 0 spiro atoms. The predicted molar refractivity (Wildman–Crippen MR) is 99.8 cm³/mol. The average molecular weight is 367 g/mol. The first-order valence-corrected chi connectivity index (χ1v) is 8.62. The highest BCUT2D eigenvalue weighted by atomic mass is 31.0. The first-order chi connectivity index (χ1) is 11.6. The Morgan fingerprint density at radius 2 is 2.08 bits per heavy atom. The molecule has 1 saturated heterocycles. The zero-order valence-electron chi connectivity index (χ0n) is 15.0. The Bertz CT molecular complexity index is 708. The molecule has 2 atom stereocenters. The SMILES string of the molecule is CC(=N)C(Cn1cc(N2C(=O)N(CCO)C(C)(C)C2O)cn1)=C(C)P. The van der Waals surface area contributed by atoms with Gasteiger partial charge in [0.15, 0.2) is 6.23 Å². The third kappa shape index (κ3) is 3.61. The van der Waals surface area contributed by atoms with Crippen LogP contribution in [0.15, 0.2) is 23.3 Å². The van der Waals surface area contributed by atoms with Crippen LogP contribution in [0.2, 0.25) is 0 Å². The molecule has 0 saturated carbocycles. The van der Waals surface area contributed by atoms with Crippen molar-refractivity contribution in [1.82, 2.24) is 14.7 Å². The van der Waals surface area contributed by atoms with E-state index in [1.54, 1.807) is 31.6 Å². The highest BCUT2D eigenvalue weighted by molar-refractivity contribution is 7.22. The van der Waals surface area contributed by atoms with Gasteiger partial charge in [-0.3, -0.25) is 9.58 Å². The number of aliphatic hydroxyl groups is 2. The molecule has 2 rings (SSSR count). The minimum Gasteiger partial charge on any atom is -0.395 e. The summed E-state index contributed by atoms with van der Waals surface area (Å²) in [6, 6.07) is -0.368. The second-order valence-corrected chi connectivity index (χ2v) is 7.60. The average Bonchev–Trinajstić information content (AvgIpc) is 3.02. The summed E-state index contributed by atoms with van der Waals surface area (Å²) in [5, 5.41) is 32.9. The van der Waals surface area contributed by atoms with Crippen molar-refractivity contribution < 1.29 is 15.0 Å².